The topological polar surface area (TPSA) is 181 Å². The number of hydrogen-bond acceptors (Lipinski definition) is 11. The summed E-state index contributed by atoms with van der Waals surface area (Å²) in [5, 5.41) is 12.0. The zero-order valence-corrected chi connectivity index (χ0v) is 32.9. The molecule has 0 spiro atoms. The lowest BCUT2D eigenvalue weighted by Gasteiger charge is -2.40. The Hall–Kier alpha value is -6.46. The van der Waals surface area contributed by atoms with Gasteiger partial charge in [-0.3, -0.25) is 49.0 Å². The second-order valence-electron chi connectivity index (χ2n) is 15.3. The van der Waals surface area contributed by atoms with Gasteiger partial charge in [0.05, 0.1) is 41.1 Å². The number of hydrogen-bond donors (Lipinski definition) is 3. The van der Waals surface area contributed by atoms with Crippen molar-refractivity contribution in [1.29, 1.82) is 0 Å². The minimum Gasteiger partial charge on any atom is -0.372 e. The molecule has 6 heterocycles. The second kappa shape index (κ2) is 16.5. The summed E-state index contributed by atoms with van der Waals surface area (Å²) in [4.78, 5) is 82.5. The molecule has 316 valence electrons. The van der Waals surface area contributed by atoms with Crippen LogP contribution in [0.3, 0.4) is 0 Å². The number of piperazine rings is 1. The minimum absolute atomic E-state index is 0.00644. The summed E-state index contributed by atoms with van der Waals surface area (Å²) < 4.78 is 94.0. The van der Waals surface area contributed by atoms with Gasteiger partial charge in [-0.1, -0.05) is 30.3 Å². The van der Waals surface area contributed by atoms with E-state index in [1.807, 2.05) is 40.5 Å². The number of H-pyrrole nitrogens is 1. The molecule has 3 N–H and O–H groups in total. The maximum Gasteiger partial charge on any atom is 0.265 e. The van der Waals surface area contributed by atoms with E-state index in [4.69, 9.17) is 15.7 Å². The van der Waals surface area contributed by atoms with E-state index >= 15 is 4.39 Å². The van der Waals surface area contributed by atoms with Crippen molar-refractivity contribution in [3.63, 3.8) is 0 Å². The van der Waals surface area contributed by atoms with Crippen molar-refractivity contribution in [3.8, 4) is 0 Å². The molecule has 61 heavy (non-hydrogen) atoms. The Kier molecular flexibility index (Phi) is 8.52. The summed E-state index contributed by atoms with van der Waals surface area (Å²) >= 11 is 0. The van der Waals surface area contributed by atoms with Crippen molar-refractivity contribution in [3.05, 3.63) is 106 Å². The van der Waals surface area contributed by atoms with Gasteiger partial charge in [-0.15, -0.1) is 0 Å². The van der Waals surface area contributed by atoms with Crippen LogP contribution in [0, 0.1) is 11.7 Å². The maximum absolute atomic E-state index is 16.6. The summed E-state index contributed by atoms with van der Waals surface area (Å²) in [7, 11) is 1.47. The van der Waals surface area contributed by atoms with E-state index in [9.17, 15) is 28.8 Å². The van der Waals surface area contributed by atoms with Crippen molar-refractivity contribution >= 4 is 52.6 Å². The molecule has 6 amide bonds. The number of carbonyl (C=O) groups is 6. The Morgan fingerprint density at radius 2 is 1.66 bits per heavy atom. The number of rotatable bonds is 10. The standard InChI is InChI=1S/C44H46FN9O7/c1-61-38(27-5-3-2-4-6-27)44(60)53-24-31-32(25-53)48-49-39(31)47-40(56)28-7-9-29(10-8-28)51-17-15-26(16-18-51)23-50-19-21-52(22-20-50)33-12-11-30-36(37(33)45)43(59)54(42(30)58)34-13-14-35(55)46-41(34)57/h2-12,26,34,38H,13-25H2,1H3,(H,46,55,57)(H2,47,48,49,56)/t34?,38-/m1/s1/i19D2,20D2,21D2,22D2. The van der Waals surface area contributed by atoms with Crippen LogP contribution in [-0.4, -0.2) is 119 Å². The van der Waals surface area contributed by atoms with Crippen LogP contribution >= 0.6 is 0 Å². The fraction of sp³-hybridized carbons (Fsp3) is 0.386. The number of fused-ring (bicyclic) bond motifs is 2. The highest BCUT2D eigenvalue weighted by Gasteiger charge is 2.47. The number of ether oxygens (including phenoxy) is 1. The molecule has 0 aliphatic carbocycles. The molecule has 2 atom stereocenters. The molecular formula is C44H46FN9O7. The molecule has 3 saturated heterocycles. The smallest absolute Gasteiger partial charge is 0.265 e. The van der Waals surface area contributed by atoms with Crippen molar-refractivity contribution in [2.75, 3.05) is 67.8 Å². The average Bonchev–Trinajstić information content (AvgIpc) is 3.98. The van der Waals surface area contributed by atoms with Crippen molar-refractivity contribution in [2.45, 2.75) is 50.9 Å². The van der Waals surface area contributed by atoms with Crippen LogP contribution in [0.4, 0.5) is 21.6 Å². The van der Waals surface area contributed by atoms with Crippen LogP contribution in [0.25, 0.3) is 0 Å². The number of anilines is 3. The van der Waals surface area contributed by atoms with Crippen molar-refractivity contribution in [2.24, 2.45) is 5.92 Å². The van der Waals surface area contributed by atoms with Crippen LogP contribution in [-0.2, 0) is 32.2 Å². The molecule has 0 radical (unpaired) electrons. The molecule has 0 bridgehead atoms. The highest BCUT2D eigenvalue weighted by atomic mass is 19.1. The number of nitrogens with one attached hydrogen (secondary N) is 3. The molecule has 17 heteroatoms. The Morgan fingerprint density at radius 1 is 0.918 bits per heavy atom. The predicted molar refractivity (Wildman–Crippen MR) is 220 cm³/mol. The molecule has 3 fully saturated rings. The summed E-state index contributed by atoms with van der Waals surface area (Å²) in [6.07, 6.45) is -0.519. The molecule has 1 aromatic heterocycles. The molecule has 1 unspecified atom stereocenters. The molecule has 5 aliphatic heterocycles. The number of amides is 6. The highest BCUT2D eigenvalue weighted by Crippen LogP contribution is 2.35. The normalized spacial score (nSPS) is 25.4. The minimum atomic E-state index is -3.49. The number of halogens is 1. The summed E-state index contributed by atoms with van der Waals surface area (Å²) in [5.74, 6) is -6.41. The maximum atomic E-state index is 16.6. The zero-order valence-electron chi connectivity index (χ0n) is 40.9. The number of piperidine rings is 2. The van der Waals surface area contributed by atoms with E-state index in [2.05, 4.69) is 15.5 Å². The fourth-order valence-corrected chi connectivity index (χ4v) is 8.38. The highest BCUT2D eigenvalue weighted by molar-refractivity contribution is 6.24. The number of aromatic nitrogens is 2. The van der Waals surface area contributed by atoms with E-state index < -0.39 is 103 Å². The molecule has 9 rings (SSSR count). The second-order valence-corrected chi connectivity index (χ2v) is 15.3. The van der Waals surface area contributed by atoms with E-state index in [0.717, 1.165) is 23.4 Å². The van der Waals surface area contributed by atoms with Crippen LogP contribution in [0.5, 0.6) is 0 Å². The molecule has 4 aromatic rings. The molecule has 0 saturated carbocycles. The Bertz CT molecular complexity index is 2750. The van der Waals surface area contributed by atoms with Gasteiger partial charge in [0.15, 0.2) is 17.7 Å². The average molecular weight is 840 g/mol. The van der Waals surface area contributed by atoms with Gasteiger partial charge in [0.25, 0.3) is 23.6 Å². The predicted octanol–water partition coefficient (Wildman–Crippen LogP) is 3.47. The van der Waals surface area contributed by atoms with Crippen molar-refractivity contribution in [1.82, 2.24) is 30.2 Å². The fourth-order valence-electron chi connectivity index (χ4n) is 8.38. The number of methoxy groups -OCH3 is 1. The number of carbonyl (C=O) groups excluding carboxylic acids is 6. The van der Waals surface area contributed by atoms with Gasteiger partial charge in [-0.2, -0.15) is 5.10 Å². The van der Waals surface area contributed by atoms with Crippen LogP contribution in [0.1, 0.15) is 90.6 Å². The molecular weight excluding hydrogens is 786 g/mol. The first-order valence-electron chi connectivity index (χ1n) is 23.8. The largest absolute Gasteiger partial charge is 0.372 e. The third kappa shape index (κ3) is 7.63. The van der Waals surface area contributed by atoms with Crippen LogP contribution in [0.2, 0.25) is 0 Å². The number of imide groups is 2. The molecule has 3 aromatic carbocycles. The van der Waals surface area contributed by atoms with Gasteiger partial charge in [0.2, 0.25) is 11.8 Å². The Morgan fingerprint density at radius 3 is 2.36 bits per heavy atom. The summed E-state index contributed by atoms with van der Waals surface area (Å²) in [5.41, 5.74) is 0.708. The van der Waals surface area contributed by atoms with Crippen molar-refractivity contribution < 1.29 is 48.9 Å². The van der Waals surface area contributed by atoms with Crippen LogP contribution in [0.15, 0.2) is 66.7 Å². The summed E-state index contributed by atoms with van der Waals surface area (Å²) in [6, 6.07) is 16.1. The number of nitrogens with zero attached hydrogens (tertiary/aromatic N) is 6. The van der Waals surface area contributed by atoms with Gasteiger partial charge in [-0.05, 0) is 67.1 Å². The third-order valence-electron chi connectivity index (χ3n) is 11.7. The van der Waals surface area contributed by atoms with Crippen LogP contribution < -0.4 is 20.4 Å². The summed E-state index contributed by atoms with van der Waals surface area (Å²) in [6.45, 7) is -12.8. The van der Waals surface area contributed by atoms with Gasteiger partial charge in [0.1, 0.15) is 6.04 Å². The van der Waals surface area contributed by atoms with E-state index in [1.54, 1.807) is 29.2 Å². The monoisotopic (exact) mass is 839 g/mol. The number of benzene rings is 3. The number of aromatic amines is 1. The lowest BCUT2D eigenvalue weighted by molar-refractivity contribution is -0.143. The lowest BCUT2D eigenvalue weighted by Crippen LogP contribution is -2.54. The third-order valence-corrected chi connectivity index (χ3v) is 11.7. The van der Waals surface area contributed by atoms with E-state index in [-0.39, 0.29) is 36.7 Å². The lowest BCUT2D eigenvalue weighted by atomic mass is 9.95. The Balaban J connectivity index is 0.840. The van der Waals surface area contributed by atoms with E-state index in [0.29, 0.717) is 58.4 Å². The quantitative estimate of drug-likeness (QED) is 0.199. The first-order chi connectivity index (χ1) is 32.6. The first-order valence-corrected chi connectivity index (χ1v) is 19.8. The van der Waals surface area contributed by atoms with Gasteiger partial charge in [0, 0.05) is 81.4 Å². The first kappa shape index (κ1) is 31.4. The zero-order chi connectivity index (χ0) is 49.5. The molecule has 5 aliphatic rings. The SMILES string of the molecule is [2H]C1([2H])N(CC2CCN(c3ccc(C(=O)Nc4n[nH]c5c4CN(C(=O)[C@H](OC)c4ccccc4)C5)cc3)CC2)C([2H])([2H])C([2H])([2H])N(c2ccc3c(c2F)C(=O)N(C2CCC(=O)NC2=O)C3=O)C1([2H])[2H]. The van der Waals surface area contributed by atoms with Gasteiger partial charge < -0.3 is 24.8 Å². The Labute approximate surface area is 362 Å². The van der Waals surface area contributed by atoms with Gasteiger partial charge in [-0.25, -0.2) is 4.39 Å². The molecule has 16 nitrogen and oxygen atoms in total. The van der Waals surface area contributed by atoms with Gasteiger partial charge >= 0.3 is 0 Å². The van der Waals surface area contributed by atoms with E-state index in [1.165, 1.54) is 7.11 Å².